The van der Waals surface area contributed by atoms with Gasteiger partial charge in [0.25, 0.3) is 5.56 Å². The third kappa shape index (κ3) is 4.30. The molecule has 1 heterocycles. The molecule has 0 saturated carbocycles. The summed E-state index contributed by atoms with van der Waals surface area (Å²) >= 11 is 0. The molecule has 5 nitrogen and oxygen atoms in total. The van der Waals surface area contributed by atoms with E-state index in [1.807, 2.05) is 30.3 Å². The minimum Gasteiger partial charge on any atom is -0.491 e. The van der Waals surface area contributed by atoms with Crippen molar-refractivity contribution >= 4 is 0 Å². The van der Waals surface area contributed by atoms with Crippen molar-refractivity contribution < 1.29 is 4.74 Å². The van der Waals surface area contributed by atoms with E-state index in [1.165, 1.54) is 15.7 Å². The van der Waals surface area contributed by atoms with Gasteiger partial charge in [0, 0.05) is 18.2 Å². The second kappa shape index (κ2) is 7.87. The molecule has 134 valence electrons. The van der Waals surface area contributed by atoms with Crippen LogP contribution in [0.2, 0.25) is 0 Å². The lowest BCUT2D eigenvalue weighted by molar-refractivity contribution is 0.292. The topological polar surface area (TPSA) is 64.1 Å². The number of nitrogens with zero attached hydrogens (tertiary/aromatic N) is 1. The Balaban J connectivity index is 1.73. The van der Waals surface area contributed by atoms with Crippen LogP contribution in [0.25, 0.3) is 0 Å². The first-order chi connectivity index (χ1) is 12.5. The molecule has 2 aromatic carbocycles. The van der Waals surface area contributed by atoms with Gasteiger partial charge in [-0.05, 0) is 31.0 Å². The fourth-order valence-electron chi connectivity index (χ4n) is 2.84. The van der Waals surface area contributed by atoms with Crippen LogP contribution in [0.15, 0.2) is 64.3 Å². The SMILES string of the molecule is Cc1ccc(OCCn2cc(C)c(=O)[nH]c2=O)c(Cc2ccccc2)c1. The maximum absolute atomic E-state index is 11.8. The Morgan fingerprint density at radius 2 is 1.81 bits per heavy atom. The van der Waals surface area contributed by atoms with Gasteiger partial charge < -0.3 is 4.74 Å². The summed E-state index contributed by atoms with van der Waals surface area (Å²) in [6.07, 6.45) is 2.35. The van der Waals surface area contributed by atoms with E-state index in [2.05, 4.69) is 30.1 Å². The summed E-state index contributed by atoms with van der Waals surface area (Å²) in [5.41, 5.74) is 3.24. The zero-order valence-corrected chi connectivity index (χ0v) is 15.0. The van der Waals surface area contributed by atoms with Gasteiger partial charge in [-0.15, -0.1) is 0 Å². The van der Waals surface area contributed by atoms with Crippen molar-refractivity contribution in [2.45, 2.75) is 26.8 Å². The van der Waals surface area contributed by atoms with Crippen molar-refractivity contribution in [2.75, 3.05) is 6.61 Å². The molecule has 26 heavy (non-hydrogen) atoms. The van der Waals surface area contributed by atoms with Crippen LogP contribution in [-0.4, -0.2) is 16.2 Å². The number of benzene rings is 2. The van der Waals surface area contributed by atoms with Crippen LogP contribution in [0.1, 0.15) is 22.3 Å². The Morgan fingerprint density at radius 1 is 1.04 bits per heavy atom. The minimum absolute atomic E-state index is 0.343. The van der Waals surface area contributed by atoms with Crippen LogP contribution in [0.5, 0.6) is 5.75 Å². The van der Waals surface area contributed by atoms with Gasteiger partial charge in [-0.3, -0.25) is 14.3 Å². The Morgan fingerprint density at radius 3 is 2.58 bits per heavy atom. The Hall–Kier alpha value is -3.08. The Bertz CT molecular complexity index is 1000. The highest BCUT2D eigenvalue weighted by Gasteiger charge is 2.07. The summed E-state index contributed by atoms with van der Waals surface area (Å²) < 4.78 is 7.40. The van der Waals surface area contributed by atoms with Gasteiger partial charge in [-0.1, -0.05) is 48.0 Å². The normalized spacial score (nSPS) is 10.7. The van der Waals surface area contributed by atoms with Crippen LogP contribution >= 0.6 is 0 Å². The van der Waals surface area contributed by atoms with Gasteiger partial charge >= 0.3 is 5.69 Å². The molecule has 0 aliphatic rings. The van der Waals surface area contributed by atoms with Crippen molar-refractivity contribution in [2.24, 2.45) is 0 Å². The van der Waals surface area contributed by atoms with Crippen LogP contribution in [0.3, 0.4) is 0 Å². The van der Waals surface area contributed by atoms with Gasteiger partial charge in [0.05, 0.1) is 6.54 Å². The maximum Gasteiger partial charge on any atom is 0.328 e. The molecule has 0 aliphatic carbocycles. The average Bonchev–Trinajstić information content (AvgIpc) is 2.62. The van der Waals surface area contributed by atoms with E-state index in [-0.39, 0.29) is 5.56 Å². The Labute approximate surface area is 151 Å². The molecule has 0 unspecified atom stereocenters. The van der Waals surface area contributed by atoms with Gasteiger partial charge in [0.2, 0.25) is 0 Å². The third-order valence-corrected chi connectivity index (χ3v) is 4.23. The predicted octanol–water partition coefficient (Wildman–Crippen LogP) is 2.82. The van der Waals surface area contributed by atoms with E-state index in [4.69, 9.17) is 4.74 Å². The van der Waals surface area contributed by atoms with Gasteiger partial charge in [-0.25, -0.2) is 4.79 Å². The summed E-state index contributed by atoms with van der Waals surface area (Å²) in [6.45, 7) is 4.44. The number of hydrogen-bond donors (Lipinski definition) is 1. The van der Waals surface area contributed by atoms with Crippen molar-refractivity contribution in [3.8, 4) is 5.75 Å². The molecule has 0 radical (unpaired) electrons. The molecule has 1 N–H and O–H groups in total. The molecule has 0 spiro atoms. The smallest absolute Gasteiger partial charge is 0.328 e. The zero-order valence-electron chi connectivity index (χ0n) is 15.0. The molecule has 0 amide bonds. The number of aromatic nitrogens is 2. The lowest BCUT2D eigenvalue weighted by atomic mass is 10.0. The molecule has 0 bridgehead atoms. The number of hydrogen-bond acceptors (Lipinski definition) is 3. The number of nitrogens with one attached hydrogen (secondary N) is 1. The monoisotopic (exact) mass is 350 g/mol. The summed E-state index contributed by atoms with van der Waals surface area (Å²) in [5, 5.41) is 0. The highest BCUT2D eigenvalue weighted by atomic mass is 16.5. The summed E-state index contributed by atoms with van der Waals surface area (Å²) in [7, 11) is 0. The molecule has 0 saturated heterocycles. The summed E-state index contributed by atoms with van der Waals surface area (Å²) in [5.74, 6) is 0.814. The molecular formula is C21H22N2O3. The lowest BCUT2D eigenvalue weighted by Gasteiger charge is -2.13. The molecule has 3 aromatic rings. The van der Waals surface area contributed by atoms with Crippen molar-refractivity contribution in [3.05, 3.63) is 97.8 Å². The summed E-state index contributed by atoms with van der Waals surface area (Å²) in [4.78, 5) is 25.6. The largest absolute Gasteiger partial charge is 0.491 e. The molecule has 1 aromatic heterocycles. The predicted molar refractivity (Wildman–Crippen MR) is 102 cm³/mol. The number of aryl methyl sites for hydroxylation is 2. The average molecular weight is 350 g/mol. The third-order valence-electron chi connectivity index (χ3n) is 4.23. The van der Waals surface area contributed by atoms with E-state index >= 15 is 0 Å². The molecular weight excluding hydrogens is 328 g/mol. The number of H-pyrrole nitrogens is 1. The first-order valence-electron chi connectivity index (χ1n) is 8.59. The van der Waals surface area contributed by atoms with E-state index < -0.39 is 5.69 Å². The van der Waals surface area contributed by atoms with Gasteiger partial charge in [0.1, 0.15) is 12.4 Å². The summed E-state index contributed by atoms with van der Waals surface area (Å²) in [6, 6.07) is 16.3. The van der Waals surface area contributed by atoms with Crippen molar-refractivity contribution in [3.63, 3.8) is 0 Å². The molecule has 0 aliphatic heterocycles. The number of rotatable bonds is 6. The van der Waals surface area contributed by atoms with Crippen LogP contribution in [0, 0.1) is 13.8 Å². The fraction of sp³-hybridized carbons (Fsp3) is 0.238. The van der Waals surface area contributed by atoms with E-state index in [1.54, 1.807) is 13.1 Å². The molecule has 5 heteroatoms. The Kier molecular flexibility index (Phi) is 5.37. The number of ether oxygens (including phenoxy) is 1. The fourth-order valence-corrected chi connectivity index (χ4v) is 2.84. The standard InChI is InChI=1S/C21H22N2O3/c1-15-8-9-19(18(12-15)13-17-6-4-3-5-7-17)26-11-10-23-14-16(2)20(24)22-21(23)25/h3-9,12,14H,10-11,13H2,1-2H3,(H,22,24,25). The maximum atomic E-state index is 11.8. The highest BCUT2D eigenvalue weighted by molar-refractivity contribution is 5.40. The lowest BCUT2D eigenvalue weighted by Crippen LogP contribution is -2.32. The van der Waals surface area contributed by atoms with Crippen LogP contribution in [0.4, 0.5) is 0 Å². The molecule has 3 rings (SSSR count). The van der Waals surface area contributed by atoms with Crippen molar-refractivity contribution in [1.82, 2.24) is 9.55 Å². The van der Waals surface area contributed by atoms with Gasteiger partial charge in [-0.2, -0.15) is 0 Å². The molecule has 0 fully saturated rings. The highest BCUT2D eigenvalue weighted by Crippen LogP contribution is 2.23. The van der Waals surface area contributed by atoms with E-state index in [9.17, 15) is 9.59 Å². The number of aromatic amines is 1. The van der Waals surface area contributed by atoms with E-state index in [0.717, 1.165) is 17.7 Å². The van der Waals surface area contributed by atoms with Crippen LogP contribution < -0.4 is 16.0 Å². The minimum atomic E-state index is -0.419. The first-order valence-corrected chi connectivity index (χ1v) is 8.59. The quantitative estimate of drug-likeness (QED) is 0.743. The van der Waals surface area contributed by atoms with Gasteiger partial charge in [0.15, 0.2) is 0 Å². The van der Waals surface area contributed by atoms with E-state index in [0.29, 0.717) is 18.7 Å². The van der Waals surface area contributed by atoms with Crippen molar-refractivity contribution in [1.29, 1.82) is 0 Å². The second-order valence-electron chi connectivity index (χ2n) is 6.39. The molecule has 0 atom stereocenters. The van der Waals surface area contributed by atoms with Crippen LogP contribution in [-0.2, 0) is 13.0 Å². The first kappa shape index (κ1) is 17.7. The zero-order chi connectivity index (χ0) is 18.5. The second-order valence-corrected chi connectivity index (χ2v) is 6.39.